The molecule has 0 spiro atoms. The molecular formula is C7H6N2S2. The summed E-state index contributed by atoms with van der Waals surface area (Å²) >= 11 is 3.40. The molecule has 2 nitrogen and oxygen atoms in total. The Hall–Kier alpha value is -0.610. The molecule has 0 atom stereocenters. The molecule has 2 rings (SSSR count). The molecule has 4 heteroatoms. The molecule has 56 valence electrons. The molecule has 0 saturated heterocycles. The molecule has 11 heavy (non-hydrogen) atoms. The van der Waals surface area contributed by atoms with Crippen molar-refractivity contribution < 1.29 is 0 Å². The number of hydrogen-bond donors (Lipinski definition) is 0. The molecule has 1 aliphatic heterocycles. The van der Waals surface area contributed by atoms with Gasteiger partial charge in [-0.25, -0.2) is 0 Å². The van der Waals surface area contributed by atoms with Crippen LogP contribution in [-0.2, 0) is 0 Å². The van der Waals surface area contributed by atoms with Crippen molar-refractivity contribution in [2.75, 3.05) is 5.75 Å². The minimum atomic E-state index is 0.948. The minimum Gasteiger partial charge on any atom is -0.153 e. The number of thiophene rings is 1. The molecule has 0 radical (unpaired) electrons. The highest BCUT2D eigenvalue weighted by molar-refractivity contribution is 8.12. The second kappa shape index (κ2) is 3.19. The zero-order chi connectivity index (χ0) is 7.52. The van der Waals surface area contributed by atoms with Crippen molar-refractivity contribution in [1.29, 1.82) is 0 Å². The van der Waals surface area contributed by atoms with Gasteiger partial charge in [-0.05, 0) is 11.4 Å². The van der Waals surface area contributed by atoms with Crippen molar-refractivity contribution in [3.8, 4) is 0 Å². The van der Waals surface area contributed by atoms with Crippen LogP contribution in [0, 0.1) is 0 Å². The molecule has 0 bridgehead atoms. The van der Waals surface area contributed by atoms with Crippen molar-refractivity contribution in [1.82, 2.24) is 0 Å². The van der Waals surface area contributed by atoms with Crippen LogP contribution in [0.1, 0.15) is 4.88 Å². The smallest absolute Gasteiger partial charge is 0.0905 e. The van der Waals surface area contributed by atoms with Crippen LogP contribution >= 0.6 is 23.1 Å². The first-order valence-corrected chi connectivity index (χ1v) is 5.13. The summed E-state index contributed by atoms with van der Waals surface area (Å²) in [5.74, 6) is 0.948. The predicted molar refractivity (Wildman–Crippen MR) is 51.8 cm³/mol. The van der Waals surface area contributed by atoms with E-state index in [1.165, 1.54) is 4.88 Å². The summed E-state index contributed by atoms with van der Waals surface area (Å²) in [5, 5.41) is 9.95. The Morgan fingerprint density at radius 2 is 2.45 bits per heavy atom. The van der Waals surface area contributed by atoms with E-state index in [0.717, 1.165) is 11.5 Å². The van der Waals surface area contributed by atoms with Crippen molar-refractivity contribution in [2.24, 2.45) is 10.2 Å². The maximum atomic E-state index is 4.05. The number of thioether (sulfide) groups is 1. The van der Waals surface area contributed by atoms with E-state index in [0.29, 0.717) is 0 Å². The Kier molecular flexibility index (Phi) is 2.05. The standard InChI is InChI=1S/C7H6N2S2/c1-2-7(11-3-1)6-4-10-5-8-9-6/h1-3,5H,4H2. The lowest BCUT2D eigenvalue weighted by atomic mass is 10.3. The van der Waals surface area contributed by atoms with Crippen LogP contribution in [0.2, 0.25) is 0 Å². The van der Waals surface area contributed by atoms with Crippen LogP contribution in [0.5, 0.6) is 0 Å². The topological polar surface area (TPSA) is 24.7 Å². The first-order chi connectivity index (χ1) is 5.47. The van der Waals surface area contributed by atoms with Gasteiger partial charge >= 0.3 is 0 Å². The molecule has 0 fully saturated rings. The maximum Gasteiger partial charge on any atom is 0.0905 e. The van der Waals surface area contributed by atoms with Gasteiger partial charge in [0.1, 0.15) is 0 Å². The second-order valence-corrected chi connectivity index (χ2v) is 3.84. The first-order valence-electron chi connectivity index (χ1n) is 3.20. The van der Waals surface area contributed by atoms with Gasteiger partial charge in [0, 0.05) is 5.75 Å². The van der Waals surface area contributed by atoms with Crippen LogP contribution in [0.25, 0.3) is 0 Å². The Balaban J connectivity index is 2.29. The SMILES string of the molecule is C1=NN=C(c2cccs2)CS1. The Bertz CT molecular complexity index is 287. The predicted octanol–water partition coefficient (Wildman–Crippen LogP) is 2.23. The van der Waals surface area contributed by atoms with E-state index in [9.17, 15) is 0 Å². The van der Waals surface area contributed by atoms with Gasteiger partial charge < -0.3 is 0 Å². The van der Waals surface area contributed by atoms with Crippen LogP contribution < -0.4 is 0 Å². The fourth-order valence-corrected chi connectivity index (χ4v) is 2.20. The second-order valence-electron chi connectivity index (χ2n) is 2.06. The van der Waals surface area contributed by atoms with Crippen molar-refractivity contribution >= 4 is 34.4 Å². The van der Waals surface area contributed by atoms with Gasteiger partial charge in [0.25, 0.3) is 0 Å². The lowest BCUT2D eigenvalue weighted by Crippen LogP contribution is -2.03. The number of hydrogen-bond acceptors (Lipinski definition) is 4. The molecule has 0 amide bonds. The molecule has 1 aromatic rings. The van der Waals surface area contributed by atoms with E-state index in [2.05, 4.69) is 21.6 Å². The highest BCUT2D eigenvalue weighted by Crippen LogP contribution is 2.15. The number of nitrogens with zero attached hydrogens (tertiary/aromatic N) is 2. The van der Waals surface area contributed by atoms with Gasteiger partial charge in [0.15, 0.2) is 0 Å². The monoisotopic (exact) mass is 182 g/mol. The Morgan fingerprint density at radius 3 is 3.09 bits per heavy atom. The molecular weight excluding hydrogens is 176 g/mol. The summed E-state index contributed by atoms with van der Waals surface area (Å²) in [5.41, 5.74) is 2.87. The zero-order valence-electron chi connectivity index (χ0n) is 5.73. The van der Waals surface area contributed by atoms with E-state index >= 15 is 0 Å². The average molecular weight is 182 g/mol. The van der Waals surface area contributed by atoms with Crippen molar-refractivity contribution in [3.05, 3.63) is 22.4 Å². The summed E-state index contributed by atoms with van der Waals surface area (Å²) in [4.78, 5) is 1.23. The average Bonchev–Trinajstić information content (AvgIpc) is 2.58. The van der Waals surface area contributed by atoms with E-state index in [1.807, 2.05) is 6.07 Å². The summed E-state index contributed by atoms with van der Waals surface area (Å²) in [6, 6.07) is 4.11. The van der Waals surface area contributed by atoms with Crippen molar-refractivity contribution in [2.45, 2.75) is 0 Å². The third-order valence-electron chi connectivity index (χ3n) is 1.33. The van der Waals surface area contributed by atoms with Gasteiger partial charge in [0.2, 0.25) is 0 Å². The third-order valence-corrected chi connectivity index (χ3v) is 2.93. The summed E-state index contributed by atoms with van der Waals surface area (Å²) in [7, 11) is 0. The van der Waals surface area contributed by atoms with Crippen LogP contribution in [-0.4, -0.2) is 17.0 Å². The summed E-state index contributed by atoms with van der Waals surface area (Å²) in [6.07, 6.45) is 0. The van der Waals surface area contributed by atoms with E-state index < -0.39 is 0 Å². The molecule has 1 aliphatic rings. The summed E-state index contributed by atoms with van der Waals surface area (Å²) in [6.45, 7) is 0. The zero-order valence-corrected chi connectivity index (χ0v) is 7.36. The normalized spacial score (nSPS) is 16.5. The van der Waals surface area contributed by atoms with E-state index in [-0.39, 0.29) is 0 Å². The molecule has 1 aromatic heterocycles. The quantitative estimate of drug-likeness (QED) is 0.653. The Labute approximate surface area is 73.0 Å². The van der Waals surface area contributed by atoms with Crippen LogP contribution in [0.3, 0.4) is 0 Å². The van der Waals surface area contributed by atoms with E-state index in [4.69, 9.17) is 0 Å². The maximum absolute atomic E-state index is 4.05. The van der Waals surface area contributed by atoms with E-state index in [1.54, 1.807) is 28.6 Å². The highest BCUT2D eigenvalue weighted by atomic mass is 32.2. The lowest BCUT2D eigenvalue weighted by Gasteiger charge is -2.01. The molecule has 0 aliphatic carbocycles. The molecule has 0 aromatic carbocycles. The molecule has 2 heterocycles. The van der Waals surface area contributed by atoms with Gasteiger partial charge in [-0.3, -0.25) is 0 Å². The Morgan fingerprint density at radius 1 is 1.45 bits per heavy atom. The summed E-state index contributed by atoms with van der Waals surface area (Å²) < 4.78 is 0. The van der Waals surface area contributed by atoms with Gasteiger partial charge in [-0.2, -0.15) is 10.2 Å². The molecule has 0 N–H and O–H groups in total. The fraction of sp³-hybridized carbons (Fsp3) is 0.143. The molecule has 0 unspecified atom stereocenters. The van der Waals surface area contributed by atoms with Gasteiger partial charge in [-0.1, -0.05) is 6.07 Å². The van der Waals surface area contributed by atoms with Gasteiger partial charge in [0.05, 0.1) is 16.1 Å². The highest BCUT2D eigenvalue weighted by Gasteiger charge is 2.06. The third kappa shape index (κ3) is 1.52. The number of rotatable bonds is 1. The van der Waals surface area contributed by atoms with Gasteiger partial charge in [-0.15, -0.1) is 23.1 Å². The van der Waals surface area contributed by atoms with Crippen LogP contribution in [0.4, 0.5) is 0 Å². The molecule has 0 saturated carbocycles. The minimum absolute atomic E-state index is 0.948. The fourth-order valence-electron chi connectivity index (χ4n) is 0.835. The largest absolute Gasteiger partial charge is 0.153 e. The first kappa shape index (κ1) is 7.06. The van der Waals surface area contributed by atoms with Crippen LogP contribution in [0.15, 0.2) is 27.7 Å². The lowest BCUT2D eigenvalue weighted by molar-refractivity contribution is 1.25. The van der Waals surface area contributed by atoms with Crippen molar-refractivity contribution in [3.63, 3.8) is 0 Å².